The Labute approximate surface area is 136 Å². The second kappa shape index (κ2) is 8.31. The third-order valence-corrected chi connectivity index (χ3v) is 5.02. The van der Waals surface area contributed by atoms with Gasteiger partial charge in [-0.05, 0) is 27.7 Å². The standard InChI is InChI=1S/C15H29N5OS/c1-7-16-14(17-8-9-22(21)15(2,3)4)19(5)11-13-10-18-20(6)12-13/h10,12H,7-9,11H2,1-6H3,(H,16,17). The van der Waals surface area contributed by atoms with Crippen molar-refractivity contribution in [2.24, 2.45) is 12.0 Å². The molecular formula is C15H29N5OS. The predicted octanol–water partition coefficient (Wildman–Crippen LogP) is 1.36. The third kappa shape index (κ3) is 6.17. The van der Waals surface area contributed by atoms with E-state index in [9.17, 15) is 4.21 Å². The van der Waals surface area contributed by atoms with Gasteiger partial charge in [0.2, 0.25) is 0 Å². The van der Waals surface area contributed by atoms with Gasteiger partial charge in [-0.2, -0.15) is 5.10 Å². The normalized spacial score (nSPS) is 14.0. The smallest absolute Gasteiger partial charge is 0.193 e. The zero-order valence-electron chi connectivity index (χ0n) is 14.6. The van der Waals surface area contributed by atoms with E-state index in [1.807, 2.05) is 54.2 Å². The molecule has 6 nitrogen and oxygen atoms in total. The fourth-order valence-electron chi connectivity index (χ4n) is 1.91. The van der Waals surface area contributed by atoms with Gasteiger partial charge in [0, 0.05) is 60.2 Å². The summed E-state index contributed by atoms with van der Waals surface area (Å²) in [7, 11) is 3.03. The monoisotopic (exact) mass is 327 g/mol. The lowest BCUT2D eigenvalue weighted by Crippen LogP contribution is -2.38. The van der Waals surface area contributed by atoms with Crippen molar-refractivity contribution < 1.29 is 4.21 Å². The van der Waals surface area contributed by atoms with Crippen LogP contribution in [0, 0.1) is 0 Å². The first-order chi connectivity index (χ1) is 10.2. The SMILES string of the molecule is CCNC(=NCCS(=O)C(C)(C)C)N(C)Cc1cnn(C)c1. The largest absolute Gasteiger partial charge is 0.357 e. The predicted molar refractivity (Wildman–Crippen MR) is 93.4 cm³/mol. The van der Waals surface area contributed by atoms with Crippen molar-refractivity contribution in [2.45, 2.75) is 39.0 Å². The molecule has 0 aliphatic heterocycles. The highest BCUT2D eigenvalue weighted by Crippen LogP contribution is 2.11. The quantitative estimate of drug-likeness (QED) is 0.633. The van der Waals surface area contributed by atoms with E-state index in [1.54, 1.807) is 4.68 Å². The summed E-state index contributed by atoms with van der Waals surface area (Å²) in [5, 5.41) is 7.45. The second-order valence-corrected chi connectivity index (χ2v) is 8.60. The number of aliphatic imine (C=N–C) groups is 1. The molecule has 0 spiro atoms. The van der Waals surface area contributed by atoms with E-state index >= 15 is 0 Å². The molecule has 0 aromatic carbocycles. The molecule has 0 radical (unpaired) electrons. The van der Waals surface area contributed by atoms with Crippen LogP contribution in [0.15, 0.2) is 17.4 Å². The van der Waals surface area contributed by atoms with E-state index in [0.29, 0.717) is 12.3 Å². The molecule has 126 valence electrons. The summed E-state index contributed by atoms with van der Waals surface area (Å²) in [5.74, 6) is 1.41. The van der Waals surface area contributed by atoms with Crippen LogP contribution in [0.3, 0.4) is 0 Å². The van der Waals surface area contributed by atoms with Gasteiger partial charge in [-0.1, -0.05) is 0 Å². The first-order valence-electron chi connectivity index (χ1n) is 7.59. The second-order valence-electron chi connectivity index (χ2n) is 6.28. The highest BCUT2D eigenvalue weighted by atomic mass is 32.2. The molecule has 22 heavy (non-hydrogen) atoms. The van der Waals surface area contributed by atoms with Gasteiger partial charge in [-0.15, -0.1) is 0 Å². The average molecular weight is 327 g/mol. The van der Waals surface area contributed by atoms with Gasteiger partial charge in [0.1, 0.15) is 0 Å². The fraction of sp³-hybridized carbons (Fsp3) is 0.733. The number of aryl methyl sites for hydroxylation is 1. The van der Waals surface area contributed by atoms with Gasteiger partial charge in [-0.3, -0.25) is 13.9 Å². The van der Waals surface area contributed by atoms with Crippen LogP contribution in [0.25, 0.3) is 0 Å². The lowest BCUT2D eigenvalue weighted by molar-refractivity contribution is 0.477. The number of nitrogens with zero attached hydrogens (tertiary/aromatic N) is 4. The first kappa shape index (κ1) is 18.7. The highest BCUT2D eigenvalue weighted by Gasteiger charge is 2.18. The first-order valence-corrected chi connectivity index (χ1v) is 8.91. The summed E-state index contributed by atoms with van der Waals surface area (Å²) < 4.78 is 13.7. The van der Waals surface area contributed by atoms with Crippen LogP contribution in [0.5, 0.6) is 0 Å². The summed E-state index contributed by atoms with van der Waals surface area (Å²) in [6.07, 6.45) is 3.85. The summed E-state index contributed by atoms with van der Waals surface area (Å²) in [5.41, 5.74) is 1.13. The van der Waals surface area contributed by atoms with Crippen molar-refractivity contribution in [3.05, 3.63) is 18.0 Å². The van der Waals surface area contributed by atoms with Crippen LogP contribution < -0.4 is 5.32 Å². The third-order valence-electron chi connectivity index (χ3n) is 3.10. The molecule has 1 N–H and O–H groups in total. The fourth-order valence-corrected chi connectivity index (χ4v) is 2.78. The Balaban J connectivity index is 2.63. The van der Waals surface area contributed by atoms with E-state index in [2.05, 4.69) is 20.3 Å². The Morgan fingerprint density at radius 3 is 2.68 bits per heavy atom. The summed E-state index contributed by atoms with van der Waals surface area (Å²) >= 11 is 0. The lowest BCUT2D eigenvalue weighted by Gasteiger charge is -2.22. The zero-order valence-corrected chi connectivity index (χ0v) is 15.4. The summed E-state index contributed by atoms with van der Waals surface area (Å²) in [6, 6.07) is 0. The molecule has 1 unspecified atom stereocenters. The van der Waals surface area contributed by atoms with Crippen LogP contribution >= 0.6 is 0 Å². The van der Waals surface area contributed by atoms with Crippen molar-refractivity contribution in [1.29, 1.82) is 0 Å². The molecule has 0 amide bonds. The Morgan fingerprint density at radius 2 is 2.18 bits per heavy atom. The summed E-state index contributed by atoms with van der Waals surface area (Å²) in [4.78, 5) is 6.64. The average Bonchev–Trinajstić information content (AvgIpc) is 2.81. The molecule has 1 atom stereocenters. The molecule has 0 saturated carbocycles. The molecular weight excluding hydrogens is 298 g/mol. The molecule has 1 aromatic heterocycles. The molecule has 0 aliphatic rings. The van der Waals surface area contributed by atoms with Gasteiger partial charge in [0.15, 0.2) is 5.96 Å². The number of guanidine groups is 1. The van der Waals surface area contributed by atoms with E-state index in [0.717, 1.165) is 24.6 Å². The van der Waals surface area contributed by atoms with Crippen LogP contribution in [-0.2, 0) is 24.4 Å². The Kier molecular flexibility index (Phi) is 7.06. The zero-order chi connectivity index (χ0) is 16.8. The van der Waals surface area contributed by atoms with E-state index in [4.69, 9.17) is 0 Å². The number of hydrogen-bond donors (Lipinski definition) is 1. The Hall–Kier alpha value is -1.37. The van der Waals surface area contributed by atoms with Gasteiger partial charge in [0.05, 0.1) is 12.7 Å². The minimum atomic E-state index is -0.872. The maximum Gasteiger partial charge on any atom is 0.193 e. The van der Waals surface area contributed by atoms with Crippen LogP contribution in [-0.4, -0.2) is 55.5 Å². The van der Waals surface area contributed by atoms with E-state index < -0.39 is 10.8 Å². The van der Waals surface area contributed by atoms with Crippen molar-refractivity contribution in [2.75, 3.05) is 25.9 Å². The molecule has 0 fully saturated rings. The number of hydrogen-bond acceptors (Lipinski definition) is 3. The van der Waals surface area contributed by atoms with Gasteiger partial charge < -0.3 is 10.2 Å². The molecule has 0 aliphatic carbocycles. The highest BCUT2D eigenvalue weighted by molar-refractivity contribution is 7.86. The van der Waals surface area contributed by atoms with Crippen LogP contribution in [0.2, 0.25) is 0 Å². The van der Waals surface area contributed by atoms with Crippen molar-refractivity contribution >= 4 is 16.8 Å². The number of rotatable bonds is 6. The molecule has 1 rings (SSSR count). The topological polar surface area (TPSA) is 62.5 Å². The molecule has 7 heteroatoms. The van der Waals surface area contributed by atoms with E-state index in [1.165, 1.54) is 0 Å². The van der Waals surface area contributed by atoms with E-state index in [-0.39, 0.29) is 4.75 Å². The van der Waals surface area contributed by atoms with Gasteiger partial charge in [-0.25, -0.2) is 0 Å². The molecule has 1 aromatic rings. The van der Waals surface area contributed by atoms with Crippen molar-refractivity contribution in [3.8, 4) is 0 Å². The molecule has 1 heterocycles. The Morgan fingerprint density at radius 1 is 1.50 bits per heavy atom. The van der Waals surface area contributed by atoms with Crippen LogP contribution in [0.4, 0.5) is 0 Å². The Bertz CT molecular complexity index is 518. The molecule has 0 saturated heterocycles. The van der Waals surface area contributed by atoms with Crippen LogP contribution in [0.1, 0.15) is 33.3 Å². The van der Waals surface area contributed by atoms with Crippen molar-refractivity contribution in [1.82, 2.24) is 20.0 Å². The summed E-state index contributed by atoms with van der Waals surface area (Å²) in [6.45, 7) is 10.1. The number of nitrogens with one attached hydrogen (secondary N) is 1. The maximum absolute atomic E-state index is 12.1. The van der Waals surface area contributed by atoms with Gasteiger partial charge >= 0.3 is 0 Å². The van der Waals surface area contributed by atoms with Gasteiger partial charge in [0.25, 0.3) is 0 Å². The lowest BCUT2D eigenvalue weighted by atomic mass is 10.3. The minimum absolute atomic E-state index is 0.185. The maximum atomic E-state index is 12.1. The molecule has 0 bridgehead atoms. The number of aromatic nitrogens is 2. The minimum Gasteiger partial charge on any atom is -0.357 e. The van der Waals surface area contributed by atoms with Crippen molar-refractivity contribution in [3.63, 3.8) is 0 Å².